The molecule has 25 heavy (non-hydrogen) atoms. The van der Waals surface area contributed by atoms with E-state index in [0.29, 0.717) is 27.7 Å². The number of benzene rings is 2. The quantitative estimate of drug-likeness (QED) is 0.680. The minimum Gasteiger partial charge on any atom is -0.478 e. The Bertz CT molecular complexity index is 977. The maximum absolute atomic E-state index is 13.2. The monoisotopic (exact) mass is 353 g/mol. The third kappa shape index (κ3) is 3.02. The molecular formula is C19H12FNO3S. The van der Waals surface area contributed by atoms with Crippen LogP contribution in [0, 0.1) is 17.1 Å². The highest BCUT2D eigenvalue weighted by Crippen LogP contribution is 2.41. The van der Waals surface area contributed by atoms with Crippen LogP contribution in [0.2, 0.25) is 0 Å². The van der Waals surface area contributed by atoms with Gasteiger partial charge in [0.05, 0.1) is 0 Å². The van der Waals surface area contributed by atoms with Crippen LogP contribution in [0.15, 0.2) is 47.8 Å². The van der Waals surface area contributed by atoms with Crippen molar-refractivity contribution in [1.29, 1.82) is 5.26 Å². The summed E-state index contributed by atoms with van der Waals surface area (Å²) in [5.74, 6) is 1.05. The van der Waals surface area contributed by atoms with Crippen LogP contribution in [0.1, 0.15) is 11.1 Å². The van der Waals surface area contributed by atoms with Gasteiger partial charge in [0.2, 0.25) is 6.79 Å². The molecule has 0 saturated carbocycles. The van der Waals surface area contributed by atoms with Gasteiger partial charge in [0, 0.05) is 10.9 Å². The SMILES string of the molecule is N#Cc1c(-c2ccc3c(c2)OCO3)csc1OCc1cccc(F)c1. The van der Waals surface area contributed by atoms with Gasteiger partial charge in [-0.2, -0.15) is 5.26 Å². The minimum atomic E-state index is -0.311. The van der Waals surface area contributed by atoms with E-state index in [1.807, 2.05) is 23.6 Å². The number of nitrogens with zero attached hydrogens (tertiary/aromatic N) is 1. The summed E-state index contributed by atoms with van der Waals surface area (Å²) in [6.07, 6.45) is 0. The Balaban J connectivity index is 1.60. The average Bonchev–Trinajstić information content (AvgIpc) is 3.25. The number of nitriles is 1. The van der Waals surface area contributed by atoms with Gasteiger partial charge in [0.1, 0.15) is 24.1 Å². The van der Waals surface area contributed by atoms with Gasteiger partial charge in [-0.05, 0) is 35.4 Å². The predicted octanol–water partition coefficient (Wildman–Crippen LogP) is 4.73. The molecule has 124 valence electrons. The van der Waals surface area contributed by atoms with E-state index in [1.54, 1.807) is 12.1 Å². The molecule has 0 radical (unpaired) electrons. The maximum atomic E-state index is 13.2. The first-order chi connectivity index (χ1) is 12.2. The number of rotatable bonds is 4. The lowest BCUT2D eigenvalue weighted by Crippen LogP contribution is -1.96. The van der Waals surface area contributed by atoms with Crippen molar-refractivity contribution in [3.8, 4) is 33.8 Å². The maximum Gasteiger partial charge on any atom is 0.231 e. The predicted molar refractivity (Wildman–Crippen MR) is 91.3 cm³/mol. The summed E-state index contributed by atoms with van der Waals surface area (Å²) in [7, 11) is 0. The number of fused-ring (bicyclic) bond motifs is 1. The molecule has 0 saturated heterocycles. The van der Waals surface area contributed by atoms with Crippen LogP contribution < -0.4 is 14.2 Å². The van der Waals surface area contributed by atoms with E-state index in [1.165, 1.54) is 23.5 Å². The fourth-order valence-corrected chi connectivity index (χ4v) is 3.48. The Morgan fingerprint density at radius 1 is 1.16 bits per heavy atom. The molecule has 4 nitrogen and oxygen atoms in total. The molecule has 0 spiro atoms. The largest absolute Gasteiger partial charge is 0.478 e. The molecule has 1 aliphatic rings. The van der Waals surface area contributed by atoms with Gasteiger partial charge in [0.25, 0.3) is 0 Å². The second-order valence-corrected chi connectivity index (χ2v) is 6.25. The molecule has 0 atom stereocenters. The van der Waals surface area contributed by atoms with E-state index in [0.717, 1.165) is 11.1 Å². The van der Waals surface area contributed by atoms with Crippen LogP contribution >= 0.6 is 11.3 Å². The summed E-state index contributed by atoms with van der Waals surface area (Å²) in [6, 6.07) is 14.0. The zero-order chi connectivity index (χ0) is 17.2. The molecular weight excluding hydrogens is 341 g/mol. The van der Waals surface area contributed by atoms with Gasteiger partial charge >= 0.3 is 0 Å². The van der Waals surface area contributed by atoms with Crippen molar-refractivity contribution < 1.29 is 18.6 Å². The van der Waals surface area contributed by atoms with Crippen LogP contribution in [0.5, 0.6) is 16.6 Å². The molecule has 2 aromatic carbocycles. The van der Waals surface area contributed by atoms with Crippen molar-refractivity contribution in [2.24, 2.45) is 0 Å². The lowest BCUT2D eigenvalue weighted by Gasteiger charge is -2.05. The van der Waals surface area contributed by atoms with E-state index in [4.69, 9.17) is 14.2 Å². The number of hydrogen-bond acceptors (Lipinski definition) is 5. The molecule has 2 heterocycles. The third-order valence-electron chi connectivity index (χ3n) is 3.81. The molecule has 0 N–H and O–H groups in total. The van der Waals surface area contributed by atoms with Crippen molar-refractivity contribution in [2.75, 3.05) is 6.79 Å². The minimum absolute atomic E-state index is 0.202. The van der Waals surface area contributed by atoms with Gasteiger partial charge in [0.15, 0.2) is 16.6 Å². The highest BCUT2D eigenvalue weighted by molar-refractivity contribution is 7.12. The van der Waals surface area contributed by atoms with E-state index in [9.17, 15) is 9.65 Å². The van der Waals surface area contributed by atoms with Gasteiger partial charge in [-0.1, -0.05) is 18.2 Å². The Morgan fingerprint density at radius 2 is 2.04 bits per heavy atom. The smallest absolute Gasteiger partial charge is 0.231 e. The zero-order valence-electron chi connectivity index (χ0n) is 13.0. The van der Waals surface area contributed by atoms with Gasteiger partial charge < -0.3 is 14.2 Å². The highest BCUT2D eigenvalue weighted by Gasteiger charge is 2.18. The van der Waals surface area contributed by atoms with Crippen molar-refractivity contribution in [3.63, 3.8) is 0 Å². The van der Waals surface area contributed by atoms with Gasteiger partial charge in [-0.3, -0.25) is 0 Å². The van der Waals surface area contributed by atoms with Gasteiger partial charge in [-0.25, -0.2) is 4.39 Å². The highest BCUT2D eigenvalue weighted by atomic mass is 32.1. The molecule has 6 heteroatoms. The summed E-state index contributed by atoms with van der Waals surface area (Å²) in [6.45, 7) is 0.406. The molecule has 0 unspecified atom stereocenters. The number of hydrogen-bond donors (Lipinski definition) is 0. The lowest BCUT2D eigenvalue weighted by molar-refractivity contribution is 0.174. The van der Waals surface area contributed by atoms with Crippen molar-refractivity contribution in [3.05, 3.63) is 64.8 Å². The Labute approximate surface area is 147 Å². The standard InChI is InChI=1S/C19H12FNO3S/c20-14-3-1-2-12(6-14)9-22-19-15(8-21)16(10-25-19)13-4-5-17-18(7-13)24-11-23-17/h1-7,10H,9,11H2. The van der Waals surface area contributed by atoms with Crippen molar-refractivity contribution >= 4 is 11.3 Å². The lowest BCUT2D eigenvalue weighted by atomic mass is 10.0. The fraction of sp³-hybridized carbons (Fsp3) is 0.105. The second-order valence-electron chi connectivity index (χ2n) is 5.41. The fourth-order valence-electron chi connectivity index (χ4n) is 2.60. The van der Waals surface area contributed by atoms with Crippen LogP contribution in [0.3, 0.4) is 0 Å². The molecule has 1 aromatic heterocycles. The van der Waals surface area contributed by atoms with E-state index >= 15 is 0 Å². The summed E-state index contributed by atoms with van der Waals surface area (Å²) < 4.78 is 29.7. The molecule has 0 bridgehead atoms. The first-order valence-corrected chi connectivity index (χ1v) is 8.41. The first kappa shape index (κ1) is 15.5. The molecule has 0 aliphatic carbocycles. The molecule has 4 rings (SSSR count). The molecule has 3 aromatic rings. The first-order valence-electron chi connectivity index (χ1n) is 7.53. The van der Waals surface area contributed by atoms with E-state index in [-0.39, 0.29) is 19.2 Å². The van der Waals surface area contributed by atoms with Gasteiger partial charge in [-0.15, -0.1) is 11.3 Å². The van der Waals surface area contributed by atoms with Crippen LogP contribution in [0.4, 0.5) is 4.39 Å². The van der Waals surface area contributed by atoms with Crippen LogP contribution in [0.25, 0.3) is 11.1 Å². The normalized spacial score (nSPS) is 12.0. The third-order valence-corrected chi connectivity index (χ3v) is 4.70. The summed E-state index contributed by atoms with van der Waals surface area (Å²) in [4.78, 5) is 0. The number of ether oxygens (including phenoxy) is 3. The summed E-state index contributed by atoms with van der Waals surface area (Å²) in [5.41, 5.74) is 2.81. The topological polar surface area (TPSA) is 51.5 Å². The van der Waals surface area contributed by atoms with Crippen molar-refractivity contribution in [1.82, 2.24) is 0 Å². The average molecular weight is 353 g/mol. The Hall–Kier alpha value is -3.04. The number of halogens is 1. The van der Waals surface area contributed by atoms with Crippen molar-refractivity contribution in [2.45, 2.75) is 6.61 Å². The van der Waals surface area contributed by atoms with E-state index < -0.39 is 0 Å². The molecule has 0 amide bonds. The molecule has 0 fully saturated rings. The van der Waals surface area contributed by atoms with Crippen LogP contribution in [-0.4, -0.2) is 6.79 Å². The van der Waals surface area contributed by atoms with E-state index in [2.05, 4.69) is 6.07 Å². The summed E-state index contributed by atoms with van der Waals surface area (Å²) in [5, 5.41) is 11.9. The number of thiophene rings is 1. The Kier molecular flexibility index (Phi) is 4.00. The summed E-state index contributed by atoms with van der Waals surface area (Å²) >= 11 is 1.34. The second kappa shape index (κ2) is 6.46. The molecule has 1 aliphatic heterocycles. The Morgan fingerprint density at radius 3 is 2.88 bits per heavy atom. The van der Waals surface area contributed by atoms with Crippen LogP contribution in [-0.2, 0) is 6.61 Å². The zero-order valence-corrected chi connectivity index (χ0v) is 13.8.